The number of guanidine groups is 1. The molecule has 0 radical (unpaired) electrons. The molecule has 1 heterocycles. The summed E-state index contributed by atoms with van der Waals surface area (Å²) in [5.74, 6) is 2.64. The van der Waals surface area contributed by atoms with Crippen molar-refractivity contribution in [1.82, 2.24) is 15.5 Å². The summed E-state index contributed by atoms with van der Waals surface area (Å²) in [7, 11) is 1.83. The Hall–Kier alpha value is -1.26. The van der Waals surface area contributed by atoms with Gasteiger partial charge in [0.05, 0.1) is 0 Å². The lowest BCUT2D eigenvalue weighted by Crippen LogP contribution is -2.42. The van der Waals surface area contributed by atoms with Gasteiger partial charge in [-0.1, -0.05) is 33.6 Å². The SMILES string of the molecule is CCC(C)NC(=O)CCNC(=NC)N1CCC(C(CC)CC)C1. The van der Waals surface area contributed by atoms with Crippen molar-refractivity contribution in [1.29, 1.82) is 0 Å². The monoisotopic (exact) mass is 324 g/mol. The molecule has 0 saturated carbocycles. The summed E-state index contributed by atoms with van der Waals surface area (Å²) in [5, 5.41) is 6.34. The summed E-state index contributed by atoms with van der Waals surface area (Å²) in [6, 6.07) is 0.251. The van der Waals surface area contributed by atoms with E-state index in [-0.39, 0.29) is 11.9 Å². The number of hydrogen-bond acceptors (Lipinski definition) is 2. The lowest BCUT2D eigenvalue weighted by molar-refractivity contribution is -0.121. The third-order valence-electron chi connectivity index (χ3n) is 5.11. The molecule has 1 saturated heterocycles. The van der Waals surface area contributed by atoms with Crippen LogP contribution in [0.5, 0.6) is 0 Å². The van der Waals surface area contributed by atoms with Crippen molar-refractivity contribution in [2.45, 2.75) is 65.8 Å². The zero-order valence-electron chi connectivity index (χ0n) is 15.7. The van der Waals surface area contributed by atoms with Gasteiger partial charge in [-0.25, -0.2) is 0 Å². The maximum absolute atomic E-state index is 11.8. The number of carbonyl (C=O) groups excluding carboxylic acids is 1. The van der Waals surface area contributed by atoms with Gasteiger partial charge in [-0.2, -0.15) is 0 Å². The summed E-state index contributed by atoms with van der Waals surface area (Å²) in [6.45, 7) is 11.5. The predicted molar refractivity (Wildman–Crippen MR) is 97.6 cm³/mol. The molecule has 0 aromatic heterocycles. The number of likely N-dealkylation sites (tertiary alicyclic amines) is 1. The molecular weight excluding hydrogens is 288 g/mol. The average Bonchev–Trinajstić information content (AvgIpc) is 3.02. The number of rotatable bonds is 8. The summed E-state index contributed by atoms with van der Waals surface area (Å²) in [6.07, 6.45) is 5.23. The normalized spacial score (nSPS) is 20.0. The van der Waals surface area contributed by atoms with Crippen LogP contribution in [0.1, 0.15) is 59.8 Å². The second kappa shape index (κ2) is 10.5. The van der Waals surface area contributed by atoms with Gasteiger partial charge in [0.2, 0.25) is 5.91 Å². The minimum Gasteiger partial charge on any atom is -0.356 e. The molecule has 23 heavy (non-hydrogen) atoms. The molecule has 0 bridgehead atoms. The van der Waals surface area contributed by atoms with E-state index in [1.165, 1.54) is 19.3 Å². The molecule has 0 aliphatic carbocycles. The molecule has 1 fully saturated rings. The minimum atomic E-state index is 0.110. The second-order valence-electron chi connectivity index (χ2n) is 6.67. The summed E-state index contributed by atoms with van der Waals surface area (Å²) >= 11 is 0. The summed E-state index contributed by atoms with van der Waals surface area (Å²) in [4.78, 5) is 18.5. The van der Waals surface area contributed by atoms with E-state index in [4.69, 9.17) is 0 Å². The lowest BCUT2D eigenvalue weighted by Gasteiger charge is -2.24. The van der Waals surface area contributed by atoms with Crippen molar-refractivity contribution < 1.29 is 4.79 Å². The van der Waals surface area contributed by atoms with Crippen LogP contribution in [-0.4, -0.2) is 49.5 Å². The fourth-order valence-corrected chi connectivity index (χ4v) is 3.39. The van der Waals surface area contributed by atoms with Crippen molar-refractivity contribution in [3.63, 3.8) is 0 Å². The first-order valence-electron chi connectivity index (χ1n) is 9.30. The predicted octanol–water partition coefficient (Wildman–Crippen LogP) is 2.62. The van der Waals surface area contributed by atoms with E-state index >= 15 is 0 Å². The molecule has 1 aliphatic heterocycles. The summed E-state index contributed by atoms with van der Waals surface area (Å²) < 4.78 is 0. The van der Waals surface area contributed by atoms with Crippen LogP contribution in [0.3, 0.4) is 0 Å². The second-order valence-corrected chi connectivity index (χ2v) is 6.67. The van der Waals surface area contributed by atoms with Gasteiger partial charge in [0, 0.05) is 39.1 Å². The van der Waals surface area contributed by atoms with E-state index < -0.39 is 0 Å². The van der Waals surface area contributed by atoms with Crippen LogP contribution >= 0.6 is 0 Å². The Morgan fingerprint density at radius 2 is 1.96 bits per heavy atom. The highest BCUT2D eigenvalue weighted by Gasteiger charge is 2.29. The first kappa shape index (κ1) is 19.8. The van der Waals surface area contributed by atoms with E-state index in [2.05, 4.69) is 41.3 Å². The zero-order chi connectivity index (χ0) is 17.2. The largest absolute Gasteiger partial charge is 0.356 e. The van der Waals surface area contributed by atoms with Crippen LogP contribution < -0.4 is 10.6 Å². The first-order valence-corrected chi connectivity index (χ1v) is 9.30. The van der Waals surface area contributed by atoms with Crippen LogP contribution in [0.25, 0.3) is 0 Å². The van der Waals surface area contributed by atoms with E-state index in [1.54, 1.807) is 0 Å². The topological polar surface area (TPSA) is 56.7 Å². The molecule has 2 unspecified atom stereocenters. The smallest absolute Gasteiger partial charge is 0.221 e. The first-order chi connectivity index (χ1) is 11.0. The van der Waals surface area contributed by atoms with Gasteiger partial charge >= 0.3 is 0 Å². The van der Waals surface area contributed by atoms with Crippen LogP contribution in [0, 0.1) is 11.8 Å². The molecule has 1 rings (SSSR count). The zero-order valence-corrected chi connectivity index (χ0v) is 15.7. The fourth-order valence-electron chi connectivity index (χ4n) is 3.39. The van der Waals surface area contributed by atoms with Gasteiger partial charge in [-0.05, 0) is 31.6 Å². The van der Waals surface area contributed by atoms with E-state index in [0.29, 0.717) is 13.0 Å². The van der Waals surface area contributed by atoms with Crippen LogP contribution in [0.4, 0.5) is 0 Å². The number of nitrogens with one attached hydrogen (secondary N) is 2. The van der Waals surface area contributed by atoms with E-state index in [1.807, 2.05) is 14.0 Å². The molecule has 5 nitrogen and oxygen atoms in total. The number of carbonyl (C=O) groups is 1. The highest BCUT2D eigenvalue weighted by atomic mass is 16.1. The van der Waals surface area contributed by atoms with Crippen LogP contribution in [-0.2, 0) is 4.79 Å². The number of aliphatic imine (C=N–C) groups is 1. The Bertz CT molecular complexity index is 379. The van der Waals surface area contributed by atoms with Gasteiger partial charge in [-0.15, -0.1) is 0 Å². The Balaban J connectivity index is 2.37. The standard InChI is InChI=1S/C18H36N4O/c1-6-14(4)21-17(23)9-11-20-18(19-5)22-12-10-16(13-22)15(7-2)8-3/h14-16H,6-13H2,1-5H3,(H,19,20)(H,21,23). The summed E-state index contributed by atoms with van der Waals surface area (Å²) in [5.41, 5.74) is 0. The third kappa shape index (κ3) is 6.40. The van der Waals surface area contributed by atoms with Gasteiger partial charge in [0.15, 0.2) is 5.96 Å². The lowest BCUT2D eigenvalue weighted by atomic mass is 9.87. The van der Waals surface area contributed by atoms with Crippen molar-refractivity contribution >= 4 is 11.9 Å². The van der Waals surface area contributed by atoms with Crippen LogP contribution in [0.2, 0.25) is 0 Å². The highest BCUT2D eigenvalue weighted by molar-refractivity contribution is 5.81. The molecule has 0 aromatic rings. The number of amides is 1. The highest BCUT2D eigenvalue weighted by Crippen LogP contribution is 2.28. The minimum absolute atomic E-state index is 0.110. The maximum Gasteiger partial charge on any atom is 0.221 e. The quantitative estimate of drug-likeness (QED) is 0.533. The van der Waals surface area contributed by atoms with Crippen LogP contribution in [0.15, 0.2) is 4.99 Å². The maximum atomic E-state index is 11.8. The molecule has 5 heteroatoms. The molecule has 134 valence electrons. The molecular formula is C18H36N4O. The Morgan fingerprint density at radius 3 is 2.52 bits per heavy atom. The van der Waals surface area contributed by atoms with E-state index in [0.717, 1.165) is 37.3 Å². The average molecular weight is 325 g/mol. The fraction of sp³-hybridized carbons (Fsp3) is 0.889. The third-order valence-corrected chi connectivity index (χ3v) is 5.11. The molecule has 0 aromatic carbocycles. The number of hydrogen-bond donors (Lipinski definition) is 2. The Labute approximate surface area is 142 Å². The van der Waals surface area contributed by atoms with E-state index in [9.17, 15) is 4.79 Å². The van der Waals surface area contributed by atoms with Crippen molar-refractivity contribution in [2.24, 2.45) is 16.8 Å². The van der Waals surface area contributed by atoms with Gasteiger partial charge in [0.1, 0.15) is 0 Å². The van der Waals surface area contributed by atoms with Crippen molar-refractivity contribution in [2.75, 3.05) is 26.7 Å². The van der Waals surface area contributed by atoms with Gasteiger partial charge < -0.3 is 15.5 Å². The Kier molecular flexibility index (Phi) is 9.03. The molecule has 1 aliphatic rings. The van der Waals surface area contributed by atoms with Gasteiger partial charge in [-0.3, -0.25) is 9.79 Å². The molecule has 0 spiro atoms. The molecule has 2 atom stereocenters. The molecule has 2 N–H and O–H groups in total. The van der Waals surface area contributed by atoms with Gasteiger partial charge in [0.25, 0.3) is 0 Å². The van der Waals surface area contributed by atoms with Crippen molar-refractivity contribution in [3.8, 4) is 0 Å². The Morgan fingerprint density at radius 1 is 1.26 bits per heavy atom. The van der Waals surface area contributed by atoms with Crippen molar-refractivity contribution in [3.05, 3.63) is 0 Å². The number of nitrogens with zero attached hydrogens (tertiary/aromatic N) is 2. The molecule has 1 amide bonds.